The molecule has 0 heterocycles. The van der Waals surface area contributed by atoms with Crippen molar-refractivity contribution in [2.45, 2.75) is 13.3 Å². The van der Waals surface area contributed by atoms with Crippen LogP contribution in [-0.4, -0.2) is 22.7 Å². The molecule has 2 aromatic carbocycles. The zero-order valence-electron chi connectivity index (χ0n) is 11.8. The van der Waals surface area contributed by atoms with Crippen LogP contribution in [0.1, 0.15) is 23.7 Å². The van der Waals surface area contributed by atoms with Gasteiger partial charge in [0.1, 0.15) is 0 Å². The molecule has 21 heavy (non-hydrogen) atoms. The van der Waals surface area contributed by atoms with Crippen molar-refractivity contribution >= 4 is 17.3 Å². The van der Waals surface area contributed by atoms with E-state index >= 15 is 0 Å². The fraction of sp³-hybridized carbons (Fsp3) is 0.188. The summed E-state index contributed by atoms with van der Waals surface area (Å²) in [5.41, 5.74) is 7.03. The first-order valence-electron chi connectivity index (χ1n) is 6.73. The molecule has 0 atom stereocenters. The number of phenols is 2. The van der Waals surface area contributed by atoms with Crippen molar-refractivity contribution < 1.29 is 15.0 Å². The second kappa shape index (κ2) is 6.17. The minimum atomic E-state index is -0.404. The quantitative estimate of drug-likeness (QED) is 0.596. The van der Waals surface area contributed by atoms with Gasteiger partial charge in [0.15, 0.2) is 11.5 Å². The fourth-order valence-corrected chi connectivity index (χ4v) is 2.08. The van der Waals surface area contributed by atoms with E-state index in [-0.39, 0.29) is 17.2 Å². The molecule has 0 fully saturated rings. The Morgan fingerprint density at radius 3 is 2.43 bits per heavy atom. The van der Waals surface area contributed by atoms with Crippen LogP contribution in [0.2, 0.25) is 0 Å². The number of carbonyl (C=O) groups excluding carboxylic acids is 1. The number of carbonyl (C=O) groups is 1. The van der Waals surface area contributed by atoms with Gasteiger partial charge >= 0.3 is 0 Å². The van der Waals surface area contributed by atoms with Gasteiger partial charge in [0, 0.05) is 17.9 Å². The van der Waals surface area contributed by atoms with Gasteiger partial charge in [0.2, 0.25) is 0 Å². The van der Waals surface area contributed by atoms with Gasteiger partial charge in [-0.1, -0.05) is 13.0 Å². The van der Waals surface area contributed by atoms with E-state index < -0.39 is 5.75 Å². The molecule has 4 N–H and O–H groups in total. The maximum absolute atomic E-state index is 12.6. The van der Waals surface area contributed by atoms with Crippen molar-refractivity contribution in [1.82, 2.24) is 0 Å². The lowest BCUT2D eigenvalue weighted by Gasteiger charge is -2.23. The minimum absolute atomic E-state index is 0.0697. The molecule has 0 saturated carbocycles. The maximum Gasteiger partial charge on any atom is 0.262 e. The Balaban J connectivity index is 2.40. The van der Waals surface area contributed by atoms with Gasteiger partial charge < -0.3 is 20.8 Å². The lowest BCUT2D eigenvalue weighted by molar-refractivity contribution is 0.0983. The van der Waals surface area contributed by atoms with Crippen LogP contribution in [0.3, 0.4) is 0 Å². The van der Waals surface area contributed by atoms with Crippen molar-refractivity contribution in [1.29, 1.82) is 0 Å². The summed E-state index contributed by atoms with van der Waals surface area (Å²) in [5, 5.41) is 19.4. The Labute approximate surface area is 123 Å². The van der Waals surface area contributed by atoms with E-state index in [4.69, 9.17) is 5.73 Å². The van der Waals surface area contributed by atoms with Crippen LogP contribution in [-0.2, 0) is 0 Å². The third-order valence-electron chi connectivity index (χ3n) is 3.14. The number of nitrogen functional groups attached to an aromatic ring is 1. The number of para-hydroxylation sites is 1. The molecule has 2 aromatic rings. The summed E-state index contributed by atoms with van der Waals surface area (Å²) < 4.78 is 0. The normalized spacial score (nSPS) is 10.3. The number of benzene rings is 2. The number of hydrogen-bond donors (Lipinski definition) is 3. The number of nitrogens with two attached hydrogens (primary N) is 1. The number of amides is 1. The smallest absolute Gasteiger partial charge is 0.262 e. The van der Waals surface area contributed by atoms with Gasteiger partial charge in [-0.15, -0.1) is 0 Å². The highest BCUT2D eigenvalue weighted by Crippen LogP contribution is 2.30. The predicted octanol–water partition coefficient (Wildman–Crippen LogP) is 2.74. The number of rotatable bonds is 4. The summed E-state index contributed by atoms with van der Waals surface area (Å²) in [4.78, 5) is 14.2. The molecule has 5 nitrogen and oxygen atoms in total. The molecule has 0 aromatic heterocycles. The Morgan fingerprint density at radius 1 is 1.14 bits per heavy atom. The molecule has 0 radical (unpaired) electrons. The molecule has 1 amide bonds. The SMILES string of the molecule is CCCN(C(=O)c1cccc(O)c1O)c1ccc(N)cc1. The summed E-state index contributed by atoms with van der Waals surface area (Å²) in [6, 6.07) is 11.3. The zero-order chi connectivity index (χ0) is 15.4. The molecular weight excluding hydrogens is 268 g/mol. The van der Waals surface area contributed by atoms with Crippen molar-refractivity contribution in [3.63, 3.8) is 0 Å². The third-order valence-corrected chi connectivity index (χ3v) is 3.14. The van der Waals surface area contributed by atoms with E-state index in [9.17, 15) is 15.0 Å². The molecule has 0 aliphatic carbocycles. The monoisotopic (exact) mass is 286 g/mol. The summed E-state index contributed by atoms with van der Waals surface area (Å²) >= 11 is 0. The first-order valence-corrected chi connectivity index (χ1v) is 6.73. The van der Waals surface area contributed by atoms with Crippen molar-refractivity contribution in [2.75, 3.05) is 17.2 Å². The third kappa shape index (κ3) is 3.08. The number of aromatic hydroxyl groups is 2. The van der Waals surface area contributed by atoms with Crippen LogP contribution < -0.4 is 10.6 Å². The lowest BCUT2D eigenvalue weighted by Crippen LogP contribution is -2.31. The summed E-state index contributed by atoms with van der Waals surface area (Å²) in [7, 11) is 0. The highest BCUT2D eigenvalue weighted by Gasteiger charge is 2.21. The molecule has 0 unspecified atom stereocenters. The Bertz CT molecular complexity index is 638. The predicted molar refractivity (Wildman–Crippen MR) is 82.6 cm³/mol. The van der Waals surface area contributed by atoms with E-state index in [1.807, 2.05) is 6.92 Å². The topological polar surface area (TPSA) is 86.8 Å². The van der Waals surface area contributed by atoms with Gasteiger partial charge in [0.05, 0.1) is 5.56 Å². The number of nitrogens with zero attached hydrogens (tertiary/aromatic N) is 1. The van der Waals surface area contributed by atoms with Crippen molar-refractivity contribution in [3.05, 3.63) is 48.0 Å². The second-order valence-corrected chi connectivity index (χ2v) is 4.72. The molecule has 110 valence electrons. The zero-order valence-corrected chi connectivity index (χ0v) is 11.8. The molecule has 0 aliphatic rings. The molecule has 0 aliphatic heterocycles. The van der Waals surface area contributed by atoms with Crippen LogP contribution in [0.5, 0.6) is 11.5 Å². The maximum atomic E-state index is 12.6. The number of phenolic OH excluding ortho intramolecular Hbond substituents is 2. The molecular formula is C16H18N2O3. The van der Waals surface area contributed by atoms with Gasteiger partial charge in [-0.2, -0.15) is 0 Å². The van der Waals surface area contributed by atoms with Gasteiger partial charge in [-0.05, 0) is 42.8 Å². The van der Waals surface area contributed by atoms with Crippen LogP contribution in [0.4, 0.5) is 11.4 Å². The fourth-order valence-electron chi connectivity index (χ4n) is 2.08. The number of anilines is 2. The summed E-state index contributed by atoms with van der Waals surface area (Å²) in [5.74, 6) is -1.08. The van der Waals surface area contributed by atoms with Crippen molar-refractivity contribution in [3.8, 4) is 11.5 Å². The summed E-state index contributed by atoms with van der Waals surface area (Å²) in [6.45, 7) is 2.46. The summed E-state index contributed by atoms with van der Waals surface area (Å²) in [6.07, 6.45) is 0.760. The first-order chi connectivity index (χ1) is 10.0. The Hall–Kier alpha value is -2.69. The van der Waals surface area contributed by atoms with E-state index in [1.54, 1.807) is 29.2 Å². The van der Waals surface area contributed by atoms with Crippen LogP contribution >= 0.6 is 0 Å². The standard InChI is InChI=1S/C16H18N2O3/c1-2-10-18(12-8-6-11(17)7-9-12)16(21)13-4-3-5-14(19)15(13)20/h3-9,19-20H,2,10,17H2,1H3. The van der Waals surface area contributed by atoms with E-state index in [0.29, 0.717) is 17.9 Å². The van der Waals surface area contributed by atoms with Crippen LogP contribution in [0.15, 0.2) is 42.5 Å². The van der Waals surface area contributed by atoms with Gasteiger partial charge in [0.25, 0.3) is 5.91 Å². The molecule has 0 bridgehead atoms. The van der Waals surface area contributed by atoms with Gasteiger partial charge in [-0.25, -0.2) is 0 Å². The van der Waals surface area contributed by atoms with E-state index in [0.717, 1.165) is 6.42 Å². The molecule has 2 rings (SSSR count). The van der Waals surface area contributed by atoms with E-state index in [2.05, 4.69) is 0 Å². The largest absolute Gasteiger partial charge is 0.504 e. The van der Waals surface area contributed by atoms with E-state index in [1.165, 1.54) is 18.2 Å². The minimum Gasteiger partial charge on any atom is -0.504 e. The molecule has 0 saturated heterocycles. The Morgan fingerprint density at radius 2 is 1.81 bits per heavy atom. The Kier molecular flexibility index (Phi) is 4.33. The lowest BCUT2D eigenvalue weighted by atomic mass is 10.1. The second-order valence-electron chi connectivity index (χ2n) is 4.72. The average Bonchev–Trinajstić information content (AvgIpc) is 2.48. The number of hydrogen-bond acceptors (Lipinski definition) is 4. The highest BCUT2D eigenvalue weighted by molar-refractivity contribution is 6.08. The molecule has 5 heteroatoms. The average molecular weight is 286 g/mol. The highest BCUT2D eigenvalue weighted by atomic mass is 16.3. The molecule has 0 spiro atoms. The van der Waals surface area contributed by atoms with Crippen LogP contribution in [0, 0.1) is 0 Å². The van der Waals surface area contributed by atoms with Gasteiger partial charge in [-0.3, -0.25) is 4.79 Å². The van der Waals surface area contributed by atoms with Crippen LogP contribution in [0.25, 0.3) is 0 Å². The first kappa shape index (κ1) is 14.7. The van der Waals surface area contributed by atoms with Crippen molar-refractivity contribution in [2.24, 2.45) is 0 Å².